The molecule has 0 amide bonds. The normalized spacial score (nSPS) is 11.2. The van der Waals surface area contributed by atoms with E-state index < -0.39 is 11.6 Å². The van der Waals surface area contributed by atoms with Crippen LogP contribution in [0.25, 0.3) is 0 Å². The lowest BCUT2D eigenvalue weighted by atomic mass is 10.0. The number of carbonyl (C=O) groups is 1. The van der Waals surface area contributed by atoms with Gasteiger partial charge < -0.3 is 26.4 Å². The molecule has 0 bridgehead atoms. The molecule has 1 aromatic rings. The van der Waals surface area contributed by atoms with Gasteiger partial charge in [-0.1, -0.05) is 6.07 Å². The minimum absolute atomic E-state index is 0.0267. The first-order valence-electron chi connectivity index (χ1n) is 4.54. The van der Waals surface area contributed by atoms with Crippen molar-refractivity contribution in [2.75, 3.05) is 7.11 Å². The highest BCUT2D eigenvalue weighted by atomic mass is 16.5. The minimum Gasteiger partial charge on any atom is -0.504 e. The summed E-state index contributed by atoms with van der Waals surface area (Å²) in [5.74, 6) is -1.07. The summed E-state index contributed by atoms with van der Waals surface area (Å²) < 4.78 is 4.88. The monoisotopic (exact) mass is 226 g/mol. The smallest absolute Gasteiger partial charge is 0.338 e. The van der Waals surface area contributed by atoms with E-state index in [-0.39, 0.29) is 17.9 Å². The number of methoxy groups -OCH3 is 1. The van der Waals surface area contributed by atoms with Gasteiger partial charge in [-0.2, -0.15) is 0 Å². The van der Waals surface area contributed by atoms with Crippen molar-refractivity contribution >= 4 is 5.97 Å². The Morgan fingerprint density at radius 1 is 1.50 bits per heavy atom. The van der Waals surface area contributed by atoms with Gasteiger partial charge in [0.15, 0.2) is 17.2 Å². The van der Waals surface area contributed by atoms with Gasteiger partial charge in [-0.25, -0.2) is 4.79 Å². The molecule has 0 saturated carbocycles. The second-order valence-electron chi connectivity index (χ2n) is 3.53. The van der Waals surface area contributed by atoms with Crippen molar-refractivity contribution < 1.29 is 19.7 Å². The van der Waals surface area contributed by atoms with Crippen molar-refractivity contribution in [3.05, 3.63) is 23.8 Å². The fourth-order valence-corrected chi connectivity index (χ4v) is 1.25. The number of aliphatic carboxylic acids is 1. The highest BCUT2D eigenvalue weighted by molar-refractivity contribution is 5.78. The molecule has 1 aromatic carbocycles. The van der Waals surface area contributed by atoms with Crippen molar-refractivity contribution in [1.29, 1.82) is 0 Å². The van der Waals surface area contributed by atoms with Gasteiger partial charge in [0.25, 0.3) is 0 Å². The minimum atomic E-state index is -1.83. The molecule has 6 nitrogen and oxygen atoms in total. The summed E-state index contributed by atoms with van der Waals surface area (Å²) in [5, 5.41) is 18.1. The van der Waals surface area contributed by atoms with Crippen LogP contribution in [0.1, 0.15) is 5.56 Å². The number of ether oxygens (including phenoxy) is 1. The number of hydrogen-bond donors (Lipinski definition) is 4. The second-order valence-corrected chi connectivity index (χ2v) is 3.53. The van der Waals surface area contributed by atoms with Gasteiger partial charge in [-0.3, -0.25) is 0 Å². The Labute approximate surface area is 92.4 Å². The average molecular weight is 226 g/mol. The molecule has 0 aliphatic heterocycles. The molecule has 0 aromatic heterocycles. The number of nitrogens with two attached hydrogens (primary N) is 2. The zero-order valence-electron chi connectivity index (χ0n) is 8.80. The first-order chi connectivity index (χ1) is 7.36. The van der Waals surface area contributed by atoms with Gasteiger partial charge in [-0.05, 0) is 17.7 Å². The number of aromatic hydroxyl groups is 1. The molecule has 0 heterocycles. The lowest BCUT2D eigenvalue weighted by Gasteiger charge is -2.19. The Morgan fingerprint density at radius 2 is 2.12 bits per heavy atom. The summed E-state index contributed by atoms with van der Waals surface area (Å²) >= 11 is 0. The molecule has 0 aliphatic rings. The maximum atomic E-state index is 10.7. The van der Waals surface area contributed by atoms with Crippen LogP contribution in [0.2, 0.25) is 0 Å². The summed E-state index contributed by atoms with van der Waals surface area (Å²) in [4.78, 5) is 10.7. The van der Waals surface area contributed by atoms with Gasteiger partial charge in [0.05, 0.1) is 7.11 Å². The number of phenols is 1. The van der Waals surface area contributed by atoms with E-state index in [1.54, 1.807) is 0 Å². The predicted octanol–water partition coefficient (Wildman–Crippen LogP) is -0.358. The van der Waals surface area contributed by atoms with Gasteiger partial charge in [0.1, 0.15) is 0 Å². The molecule has 0 fully saturated rings. The number of hydrogen-bond acceptors (Lipinski definition) is 5. The van der Waals surface area contributed by atoms with Crippen LogP contribution >= 0.6 is 0 Å². The molecule has 0 atom stereocenters. The van der Waals surface area contributed by atoms with Gasteiger partial charge in [0.2, 0.25) is 0 Å². The first-order valence-corrected chi connectivity index (χ1v) is 4.54. The van der Waals surface area contributed by atoms with Gasteiger partial charge in [0, 0.05) is 6.42 Å². The fraction of sp³-hybridized carbons (Fsp3) is 0.300. The van der Waals surface area contributed by atoms with E-state index in [1.165, 1.54) is 25.3 Å². The van der Waals surface area contributed by atoms with E-state index in [0.29, 0.717) is 5.56 Å². The number of carboxylic acid groups (broad SMARTS) is 1. The molecule has 88 valence electrons. The molecule has 0 saturated heterocycles. The van der Waals surface area contributed by atoms with E-state index in [1.807, 2.05) is 0 Å². The van der Waals surface area contributed by atoms with Crippen molar-refractivity contribution in [3.8, 4) is 11.5 Å². The summed E-state index contributed by atoms with van der Waals surface area (Å²) in [7, 11) is 1.40. The van der Waals surface area contributed by atoms with E-state index in [4.69, 9.17) is 21.3 Å². The quantitative estimate of drug-likeness (QED) is 0.521. The Hall–Kier alpha value is -1.79. The SMILES string of the molecule is COc1cc(CC(N)(N)C(=O)O)ccc1O. The fourth-order valence-electron chi connectivity index (χ4n) is 1.25. The zero-order chi connectivity index (χ0) is 12.3. The number of phenolic OH excluding ortho intramolecular Hbond substituents is 1. The highest BCUT2D eigenvalue weighted by Gasteiger charge is 2.29. The maximum Gasteiger partial charge on any atom is 0.338 e. The standard InChI is InChI=1S/C10H14N2O4/c1-16-8-4-6(2-3-7(8)13)5-10(11,12)9(14)15/h2-4,13H,5,11-12H2,1H3,(H,14,15). The molecule has 0 aliphatic carbocycles. The largest absolute Gasteiger partial charge is 0.504 e. The Balaban J connectivity index is 2.94. The van der Waals surface area contributed by atoms with Crippen LogP contribution in [0.5, 0.6) is 11.5 Å². The lowest BCUT2D eigenvalue weighted by molar-refractivity contribution is -0.143. The number of benzene rings is 1. The summed E-state index contributed by atoms with van der Waals surface area (Å²) in [6.07, 6.45) is -0.0566. The van der Waals surface area contributed by atoms with E-state index in [2.05, 4.69) is 0 Å². The molecular weight excluding hydrogens is 212 g/mol. The molecule has 0 radical (unpaired) electrons. The van der Waals surface area contributed by atoms with Gasteiger partial charge in [-0.15, -0.1) is 0 Å². The second kappa shape index (κ2) is 4.38. The summed E-state index contributed by atoms with van der Waals surface area (Å²) in [5.41, 5.74) is 9.53. The molecule has 16 heavy (non-hydrogen) atoms. The molecule has 0 unspecified atom stereocenters. The predicted molar refractivity (Wildman–Crippen MR) is 57.1 cm³/mol. The van der Waals surface area contributed by atoms with Crippen LogP contribution in [0.15, 0.2) is 18.2 Å². The van der Waals surface area contributed by atoms with Crippen LogP contribution in [-0.4, -0.2) is 29.0 Å². The summed E-state index contributed by atoms with van der Waals surface area (Å²) in [6, 6.07) is 4.42. The summed E-state index contributed by atoms with van der Waals surface area (Å²) in [6.45, 7) is 0. The van der Waals surface area contributed by atoms with Crippen LogP contribution in [0, 0.1) is 0 Å². The third kappa shape index (κ3) is 2.62. The van der Waals surface area contributed by atoms with Crippen LogP contribution < -0.4 is 16.2 Å². The average Bonchev–Trinajstić information content (AvgIpc) is 2.20. The Morgan fingerprint density at radius 3 is 2.62 bits per heavy atom. The Bertz CT molecular complexity index is 404. The molecule has 0 spiro atoms. The van der Waals surface area contributed by atoms with Crippen molar-refractivity contribution in [1.82, 2.24) is 0 Å². The molecule has 6 heteroatoms. The zero-order valence-corrected chi connectivity index (χ0v) is 8.80. The Kier molecular flexibility index (Phi) is 3.36. The number of rotatable bonds is 4. The van der Waals surface area contributed by atoms with Gasteiger partial charge >= 0.3 is 5.97 Å². The van der Waals surface area contributed by atoms with E-state index in [9.17, 15) is 9.90 Å². The van der Waals surface area contributed by atoms with Crippen LogP contribution in [0.4, 0.5) is 0 Å². The maximum absolute atomic E-state index is 10.7. The molecule has 6 N–H and O–H groups in total. The van der Waals surface area contributed by atoms with E-state index in [0.717, 1.165) is 0 Å². The van der Waals surface area contributed by atoms with Crippen LogP contribution in [0.3, 0.4) is 0 Å². The third-order valence-corrected chi connectivity index (χ3v) is 2.14. The lowest BCUT2D eigenvalue weighted by Crippen LogP contribution is -2.58. The number of carboxylic acids is 1. The molecular formula is C10H14N2O4. The van der Waals surface area contributed by atoms with Crippen LogP contribution in [-0.2, 0) is 11.2 Å². The van der Waals surface area contributed by atoms with Crippen molar-refractivity contribution in [2.45, 2.75) is 12.1 Å². The first kappa shape index (κ1) is 12.3. The topological polar surface area (TPSA) is 119 Å². The van der Waals surface area contributed by atoms with Crippen molar-refractivity contribution in [2.24, 2.45) is 11.5 Å². The highest BCUT2D eigenvalue weighted by Crippen LogP contribution is 2.27. The van der Waals surface area contributed by atoms with E-state index >= 15 is 0 Å². The molecule has 1 rings (SSSR count). The van der Waals surface area contributed by atoms with Crippen molar-refractivity contribution in [3.63, 3.8) is 0 Å². The third-order valence-electron chi connectivity index (χ3n) is 2.14.